The zero-order valence-electron chi connectivity index (χ0n) is 11.6. The van der Waals surface area contributed by atoms with Gasteiger partial charge in [-0.2, -0.15) is 4.31 Å². The number of thiazole rings is 1. The molecule has 5 nitrogen and oxygen atoms in total. The van der Waals surface area contributed by atoms with E-state index < -0.39 is 10.0 Å². The molecule has 0 aliphatic carbocycles. The third-order valence-electron chi connectivity index (χ3n) is 3.60. The van der Waals surface area contributed by atoms with Crippen molar-refractivity contribution in [3.63, 3.8) is 0 Å². The highest BCUT2D eigenvalue weighted by atomic mass is 32.2. The Kier molecular flexibility index (Phi) is 3.97. The van der Waals surface area contributed by atoms with E-state index in [0.717, 1.165) is 17.8 Å². The van der Waals surface area contributed by atoms with Gasteiger partial charge in [0.1, 0.15) is 15.7 Å². The first-order valence-electron chi connectivity index (χ1n) is 6.69. The van der Waals surface area contributed by atoms with Crippen molar-refractivity contribution in [2.75, 3.05) is 13.7 Å². The van der Waals surface area contributed by atoms with Crippen molar-refractivity contribution in [1.82, 2.24) is 9.29 Å². The first kappa shape index (κ1) is 14.5. The van der Waals surface area contributed by atoms with Gasteiger partial charge in [0.15, 0.2) is 0 Å². The fraction of sp³-hybridized carbons (Fsp3) is 0.357. The van der Waals surface area contributed by atoms with Crippen molar-refractivity contribution in [3.8, 4) is 5.75 Å². The highest BCUT2D eigenvalue weighted by Gasteiger charge is 2.38. The molecule has 1 fully saturated rings. The van der Waals surface area contributed by atoms with Crippen molar-refractivity contribution in [2.24, 2.45) is 0 Å². The summed E-state index contributed by atoms with van der Waals surface area (Å²) in [7, 11) is -2.10. The number of para-hydroxylation sites is 1. The van der Waals surface area contributed by atoms with Crippen LogP contribution in [0, 0.1) is 0 Å². The molecule has 0 bridgehead atoms. The lowest BCUT2D eigenvalue weighted by atomic mass is 10.2. The summed E-state index contributed by atoms with van der Waals surface area (Å²) >= 11 is 1.50. The number of hydrogen-bond donors (Lipinski definition) is 0. The molecule has 2 heterocycles. The van der Waals surface area contributed by atoms with E-state index in [1.165, 1.54) is 18.4 Å². The average Bonchev–Trinajstić information content (AvgIpc) is 3.17. The van der Waals surface area contributed by atoms with Crippen molar-refractivity contribution < 1.29 is 13.2 Å². The maximum atomic E-state index is 12.9. The van der Waals surface area contributed by atoms with Crippen LogP contribution in [-0.4, -0.2) is 31.4 Å². The van der Waals surface area contributed by atoms with Gasteiger partial charge in [0.05, 0.1) is 13.2 Å². The minimum absolute atomic E-state index is 0.167. The van der Waals surface area contributed by atoms with Crippen molar-refractivity contribution in [3.05, 3.63) is 40.8 Å². The molecule has 3 rings (SSSR count). The molecule has 1 aromatic carbocycles. The molecule has 1 aromatic heterocycles. The predicted octanol–water partition coefficient (Wildman–Crippen LogP) is 2.68. The lowest BCUT2D eigenvalue weighted by Gasteiger charge is -2.23. The predicted molar refractivity (Wildman–Crippen MR) is 81.0 cm³/mol. The lowest BCUT2D eigenvalue weighted by molar-refractivity contribution is 0.380. The summed E-state index contributed by atoms with van der Waals surface area (Å²) in [5, 5.41) is 2.73. The minimum Gasteiger partial charge on any atom is -0.495 e. The zero-order chi connectivity index (χ0) is 14.9. The molecule has 1 unspecified atom stereocenters. The van der Waals surface area contributed by atoms with Crippen molar-refractivity contribution >= 4 is 21.4 Å². The molecule has 1 aliphatic heterocycles. The van der Waals surface area contributed by atoms with Gasteiger partial charge in [0.25, 0.3) is 0 Å². The van der Waals surface area contributed by atoms with E-state index in [4.69, 9.17) is 4.74 Å². The summed E-state index contributed by atoms with van der Waals surface area (Å²) in [4.78, 5) is 4.50. The molecule has 112 valence electrons. The van der Waals surface area contributed by atoms with E-state index in [0.29, 0.717) is 12.3 Å². The normalized spacial score (nSPS) is 19.8. The first-order chi connectivity index (χ1) is 10.1. The SMILES string of the molecule is COc1ccccc1S(=O)(=O)N1CCCC1c1nccs1. The summed E-state index contributed by atoms with van der Waals surface area (Å²) < 4.78 is 32.6. The topological polar surface area (TPSA) is 59.5 Å². The molecule has 0 saturated carbocycles. The fourth-order valence-electron chi connectivity index (χ4n) is 2.63. The van der Waals surface area contributed by atoms with Gasteiger partial charge in [0.2, 0.25) is 10.0 Å². The molecule has 21 heavy (non-hydrogen) atoms. The first-order valence-corrected chi connectivity index (χ1v) is 9.01. The zero-order valence-corrected chi connectivity index (χ0v) is 13.2. The van der Waals surface area contributed by atoms with Crippen LogP contribution in [0.15, 0.2) is 40.7 Å². The molecular formula is C14H16N2O3S2. The standard InChI is InChI=1S/C14H16N2O3S2/c1-19-12-6-2-3-7-13(12)21(17,18)16-9-4-5-11(16)14-15-8-10-20-14/h2-3,6-8,10-11H,4-5,9H2,1H3. The maximum Gasteiger partial charge on any atom is 0.247 e. The lowest BCUT2D eigenvalue weighted by Crippen LogP contribution is -2.30. The van der Waals surface area contributed by atoms with Crippen LogP contribution in [0.3, 0.4) is 0 Å². The average molecular weight is 324 g/mol. The number of nitrogens with zero attached hydrogens (tertiary/aromatic N) is 2. The highest BCUT2D eigenvalue weighted by Crippen LogP contribution is 2.39. The number of rotatable bonds is 4. The Balaban J connectivity index is 2.01. The minimum atomic E-state index is -3.58. The third kappa shape index (κ3) is 2.56. The van der Waals surface area contributed by atoms with Crippen LogP contribution in [0.25, 0.3) is 0 Å². The Morgan fingerprint density at radius 2 is 2.19 bits per heavy atom. The van der Waals surface area contributed by atoms with E-state index in [9.17, 15) is 8.42 Å². The van der Waals surface area contributed by atoms with Gasteiger partial charge in [-0.15, -0.1) is 11.3 Å². The van der Waals surface area contributed by atoms with Crippen LogP contribution in [-0.2, 0) is 10.0 Å². The van der Waals surface area contributed by atoms with E-state index in [2.05, 4.69) is 4.98 Å². The van der Waals surface area contributed by atoms with Crippen LogP contribution in [0.4, 0.5) is 0 Å². The fourth-order valence-corrected chi connectivity index (χ4v) is 5.30. The molecule has 1 atom stereocenters. The number of sulfonamides is 1. The Labute approximate surface area is 128 Å². The molecule has 2 aromatic rings. The van der Waals surface area contributed by atoms with E-state index in [1.807, 2.05) is 5.38 Å². The molecule has 1 aliphatic rings. The summed E-state index contributed by atoms with van der Waals surface area (Å²) in [5.41, 5.74) is 0. The largest absolute Gasteiger partial charge is 0.495 e. The maximum absolute atomic E-state index is 12.9. The number of aromatic nitrogens is 1. The van der Waals surface area contributed by atoms with Gasteiger partial charge < -0.3 is 4.74 Å². The summed E-state index contributed by atoms with van der Waals surface area (Å²) in [6, 6.07) is 6.57. The van der Waals surface area contributed by atoms with Gasteiger partial charge in [-0.25, -0.2) is 13.4 Å². The number of ether oxygens (including phenoxy) is 1. The second kappa shape index (κ2) is 5.75. The van der Waals surface area contributed by atoms with Gasteiger partial charge >= 0.3 is 0 Å². The van der Waals surface area contributed by atoms with Crippen LogP contribution < -0.4 is 4.74 Å². The number of benzene rings is 1. The number of methoxy groups -OCH3 is 1. The van der Waals surface area contributed by atoms with Crippen LogP contribution in [0.2, 0.25) is 0 Å². The second-order valence-electron chi connectivity index (χ2n) is 4.79. The quantitative estimate of drug-likeness (QED) is 0.867. The third-order valence-corrected chi connectivity index (χ3v) is 6.42. The molecule has 1 saturated heterocycles. The molecule has 0 radical (unpaired) electrons. The molecule has 0 amide bonds. The molecule has 0 N–H and O–H groups in total. The van der Waals surface area contributed by atoms with E-state index in [-0.39, 0.29) is 10.9 Å². The molecule has 0 spiro atoms. The molecular weight excluding hydrogens is 308 g/mol. The van der Waals surface area contributed by atoms with Crippen LogP contribution in [0.1, 0.15) is 23.9 Å². The van der Waals surface area contributed by atoms with Crippen molar-refractivity contribution in [2.45, 2.75) is 23.8 Å². The Morgan fingerprint density at radius 3 is 2.90 bits per heavy atom. The van der Waals surface area contributed by atoms with Gasteiger partial charge in [0, 0.05) is 18.1 Å². The summed E-state index contributed by atoms with van der Waals surface area (Å²) in [6.07, 6.45) is 3.37. The smallest absolute Gasteiger partial charge is 0.247 e. The highest BCUT2D eigenvalue weighted by molar-refractivity contribution is 7.89. The van der Waals surface area contributed by atoms with Gasteiger partial charge in [-0.3, -0.25) is 0 Å². The summed E-state index contributed by atoms with van der Waals surface area (Å²) in [5.74, 6) is 0.377. The Morgan fingerprint density at radius 1 is 1.38 bits per heavy atom. The van der Waals surface area contributed by atoms with E-state index >= 15 is 0 Å². The van der Waals surface area contributed by atoms with Crippen LogP contribution in [0.5, 0.6) is 5.75 Å². The second-order valence-corrected chi connectivity index (χ2v) is 7.58. The molecule has 7 heteroatoms. The van der Waals surface area contributed by atoms with Gasteiger partial charge in [-0.1, -0.05) is 12.1 Å². The monoisotopic (exact) mass is 324 g/mol. The van der Waals surface area contributed by atoms with Crippen molar-refractivity contribution in [1.29, 1.82) is 0 Å². The number of hydrogen-bond acceptors (Lipinski definition) is 5. The van der Waals surface area contributed by atoms with Gasteiger partial charge in [-0.05, 0) is 25.0 Å². The van der Waals surface area contributed by atoms with E-state index in [1.54, 1.807) is 34.8 Å². The summed E-state index contributed by atoms with van der Waals surface area (Å²) in [6.45, 7) is 0.518. The van der Waals surface area contributed by atoms with Crippen LogP contribution >= 0.6 is 11.3 Å². The Bertz CT molecular complexity index is 714. The Hall–Kier alpha value is -1.44.